The molecular formula is C22H25Cl2N7O4. The van der Waals surface area contributed by atoms with Crippen molar-refractivity contribution in [1.82, 2.24) is 25.3 Å². The zero-order chi connectivity index (χ0) is 26.1. The number of nitriles is 1. The van der Waals surface area contributed by atoms with Crippen LogP contribution in [0.15, 0.2) is 18.2 Å². The average Bonchev–Trinajstić information content (AvgIpc) is 3.29. The number of carboxylic acid groups (broad SMARTS) is 2. The van der Waals surface area contributed by atoms with Crippen LogP contribution < -0.4 is 11.1 Å². The van der Waals surface area contributed by atoms with Crippen LogP contribution in [-0.4, -0.2) is 48.7 Å². The van der Waals surface area contributed by atoms with Crippen molar-refractivity contribution >= 4 is 41.0 Å². The van der Waals surface area contributed by atoms with E-state index in [-0.39, 0.29) is 5.82 Å². The molecule has 35 heavy (non-hydrogen) atoms. The number of aromatic nitrogens is 4. The second kappa shape index (κ2) is 12.8. The molecule has 2 aromatic heterocycles. The third-order valence-corrected chi connectivity index (χ3v) is 5.86. The van der Waals surface area contributed by atoms with Gasteiger partial charge in [-0.2, -0.15) is 15.5 Å². The van der Waals surface area contributed by atoms with Crippen LogP contribution in [0.2, 0.25) is 10.0 Å². The highest BCUT2D eigenvalue weighted by Crippen LogP contribution is 2.26. The van der Waals surface area contributed by atoms with Crippen molar-refractivity contribution < 1.29 is 19.8 Å². The van der Waals surface area contributed by atoms with Crippen molar-refractivity contribution in [3.8, 4) is 6.07 Å². The predicted molar refractivity (Wildman–Crippen MR) is 130 cm³/mol. The Kier molecular flexibility index (Phi) is 10.1. The number of carboxylic acids is 2. The van der Waals surface area contributed by atoms with Gasteiger partial charge in [-0.05, 0) is 45.4 Å². The van der Waals surface area contributed by atoms with Gasteiger partial charge in [0.15, 0.2) is 5.82 Å². The summed E-state index contributed by atoms with van der Waals surface area (Å²) in [4.78, 5) is 18.2. The number of aromatic amines is 1. The van der Waals surface area contributed by atoms with E-state index in [4.69, 9.17) is 54.0 Å². The average molecular weight is 522 g/mol. The van der Waals surface area contributed by atoms with Gasteiger partial charge in [0.2, 0.25) is 0 Å². The van der Waals surface area contributed by atoms with Gasteiger partial charge in [0.25, 0.3) is 0 Å². The number of rotatable bonds is 8. The van der Waals surface area contributed by atoms with E-state index in [1.807, 2.05) is 36.7 Å². The number of aliphatic carboxylic acids is 2. The molecule has 0 saturated carbocycles. The molecule has 0 aliphatic carbocycles. The van der Waals surface area contributed by atoms with E-state index in [0.717, 1.165) is 41.2 Å². The summed E-state index contributed by atoms with van der Waals surface area (Å²) in [6, 6.07) is 7.59. The van der Waals surface area contributed by atoms with Crippen LogP contribution in [0.1, 0.15) is 40.2 Å². The second-order valence-electron chi connectivity index (χ2n) is 7.47. The van der Waals surface area contributed by atoms with Crippen LogP contribution in [0.3, 0.4) is 0 Å². The van der Waals surface area contributed by atoms with E-state index in [9.17, 15) is 0 Å². The number of hydrogen-bond donors (Lipinski definition) is 5. The number of anilines is 1. The van der Waals surface area contributed by atoms with Gasteiger partial charge in [-0.1, -0.05) is 29.3 Å². The smallest absolute Gasteiger partial charge is 0.414 e. The van der Waals surface area contributed by atoms with Gasteiger partial charge in [0.1, 0.15) is 11.6 Å². The van der Waals surface area contributed by atoms with Gasteiger partial charge in [-0.3, -0.25) is 9.78 Å². The largest absolute Gasteiger partial charge is 0.473 e. The summed E-state index contributed by atoms with van der Waals surface area (Å²) in [5.41, 5.74) is 11.0. The molecule has 186 valence electrons. The fourth-order valence-corrected chi connectivity index (χ4v) is 3.80. The molecular weight excluding hydrogens is 497 g/mol. The molecule has 0 amide bonds. The van der Waals surface area contributed by atoms with Gasteiger partial charge in [-0.25, -0.2) is 9.59 Å². The number of nitrogen functional groups attached to an aromatic ring is 1. The number of H-pyrrole nitrogens is 1. The highest BCUT2D eigenvalue weighted by atomic mass is 35.5. The van der Waals surface area contributed by atoms with Crippen LogP contribution in [0.5, 0.6) is 0 Å². The maximum absolute atomic E-state index is 9.11. The molecule has 0 saturated heterocycles. The van der Waals surface area contributed by atoms with E-state index in [1.165, 1.54) is 0 Å². The molecule has 6 N–H and O–H groups in total. The Hall–Kier alpha value is -3.59. The Morgan fingerprint density at radius 2 is 1.83 bits per heavy atom. The molecule has 0 aliphatic heterocycles. The summed E-state index contributed by atoms with van der Waals surface area (Å²) in [5.74, 6) is -3.39. The number of nitrogens with one attached hydrogen (secondary N) is 2. The summed E-state index contributed by atoms with van der Waals surface area (Å²) in [6.45, 7) is 6.09. The van der Waals surface area contributed by atoms with E-state index >= 15 is 0 Å². The van der Waals surface area contributed by atoms with Crippen molar-refractivity contribution in [2.75, 3.05) is 12.3 Å². The molecule has 3 aromatic rings. The Balaban J connectivity index is 0.000000641. The molecule has 0 unspecified atom stereocenters. The van der Waals surface area contributed by atoms with Crippen molar-refractivity contribution in [2.45, 2.75) is 39.8 Å². The number of carbonyl (C=O) groups is 2. The first kappa shape index (κ1) is 27.7. The second-order valence-corrected chi connectivity index (χ2v) is 8.29. The number of nitrogens with two attached hydrogens (primary N) is 1. The van der Waals surface area contributed by atoms with Crippen LogP contribution >= 0.6 is 23.2 Å². The fourth-order valence-electron chi connectivity index (χ4n) is 3.28. The van der Waals surface area contributed by atoms with Crippen molar-refractivity contribution in [3.63, 3.8) is 0 Å². The molecule has 1 aromatic carbocycles. The summed E-state index contributed by atoms with van der Waals surface area (Å²) < 4.78 is 1.94. The standard InChI is InChI=1S/C20H23Cl2N7.C2H2O4/c1-12-15(10-25-8-4-7-19-14(9-23)20(24)27-26-19)13(2)29(28-12)11-16-17(21)5-3-6-18(16)22;3-1(4)2(5)6/h3,5-6,25H,4,7-8,10-11H2,1-2H3,(H3,24,26,27);(H,3,4)(H,5,6). The molecule has 0 aliphatic rings. The minimum Gasteiger partial charge on any atom is -0.473 e. The lowest BCUT2D eigenvalue weighted by Crippen LogP contribution is -2.16. The number of nitrogens with zero attached hydrogens (tertiary/aromatic N) is 4. The quantitative estimate of drug-likeness (QED) is 0.219. The molecule has 0 radical (unpaired) electrons. The Bertz CT molecular complexity index is 1220. The van der Waals surface area contributed by atoms with Gasteiger partial charge >= 0.3 is 11.9 Å². The van der Waals surface area contributed by atoms with Crippen LogP contribution in [0.4, 0.5) is 5.82 Å². The molecule has 3 rings (SSSR count). The maximum atomic E-state index is 9.11. The third kappa shape index (κ3) is 7.45. The first-order valence-corrected chi connectivity index (χ1v) is 11.2. The summed E-state index contributed by atoms with van der Waals surface area (Å²) in [6.07, 6.45) is 1.57. The third-order valence-electron chi connectivity index (χ3n) is 5.15. The van der Waals surface area contributed by atoms with Gasteiger partial charge in [-0.15, -0.1) is 0 Å². The van der Waals surface area contributed by atoms with Crippen LogP contribution in [0.25, 0.3) is 0 Å². The van der Waals surface area contributed by atoms with Crippen LogP contribution in [-0.2, 0) is 29.1 Å². The summed E-state index contributed by atoms with van der Waals surface area (Å²) in [7, 11) is 0. The molecule has 11 nitrogen and oxygen atoms in total. The lowest BCUT2D eigenvalue weighted by atomic mass is 10.1. The molecule has 13 heteroatoms. The highest BCUT2D eigenvalue weighted by molar-refractivity contribution is 6.36. The number of aryl methyl sites for hydroxylation is 2. The summed E-state index contributed by atoms with van der Waals surface area (Å²) in [5, 5.41) is 40.0. The maximum Gasteiger partial charge on any atom is 0.414 e. The van der Waals surface area contributed by atoms with Crippen molar-refractivity contribution in [2.24, 2.45) is 0 Å². The fraction of sp³-hybridized carbons (Fsp3) is 0.318. The minimum atomic E-state index is -1.82. The monoisotopic (exact) mass is 521 g/mol. The number of hydrogen-bond acceptors (Lipinski definition) is 7. The van der Waals surface area contributed by atoms with E-state index in [1.54, 1.807) is 0 Å². The molecule has 0 atom stereocenters. The van der Waals surface area contributed by atoms with E-state index < -0.39 is 11.9 Å². The molecule has 0 spiro atoms. The molecule has 0 fully saturated rings. The zero-order valence-corrected chi connectivity index (χ0v) is 20.6. The predicted octanol–water partition coefficient (Wildman–Crippen LogP) is 2.91. The van der Waals surface area contributed by atoms with Crippen LogP contribution in [0, 0.1) is 25.2 Å². The van der Waals surface area contributed by atoms with Gasteiger partial charge in [0.05, 0.1) is 17.9 Å². The van der Waals surface area contributed by atoms with Gasteiger partial charge in [0, 0.05) is 33.4 Å². The molecule has 0 bridgehead atoms. The van der Waals surface area contributed by atoms with Crippen molar-refractivity contribution in [1.29, 1.82) is 5.26 Å². The lowest BCUT2D eigenvalue weighted by Gasteiger charge is -2.10. The lowest BCUT2D eigenvalue weighted by molar-refractivity contribution is -0.159. The zero-order valence-electron chi connectivity index (χ0n) is 19.1. The Morgan fingerprint density at radius 3 is 2.40 bits per heavy atom. The molecule has 2 heterocycles. The summed E-state index contributed by atoms with van der Waals surface area (Å²) >= 11 is 12.6. The first-order valence-electron chi connectivity index (χ1n) is 10.4. The van der Waals surface area contributed by atoms with E-state index in [0.29, 0.717) is 35.1 Å². The minimum absolute atomic E-state index is 0.257. The Morgan fingerprint density at radius 1 is 1.20 bits per heavy atom. The number of halogens is 2. The number of benzene rings is 1. The first-order chi connectivity index (χ1) is 16.6. The normalized spacial score (nSPS) is 10.4. The Labute approximate surface area is 211 Å². The van der Waals surface area contributed by atoms with Gasteiger partial charge < -0.3 is 21.3 Å². The SMILES string of the molecule is Cc1nn(Cc2c(Cl)cccc2Cl)c(C)c1CNCCCc1[nH]nc(N)c1C#N.O=C(O)C(=O)O. The van der Waals surface area contributed by atoms with E-state index in [2.05, 4.69) is 26.7 Å². The highest BCUT2D eigenvalue weighted by Gasteiger charge is 2.14. The van der Waals surface area contributed by atoms with Crippen molar-refractivity contribution in [3.05, 3.63) is 62.0 Å². The topological polar surface area (TPSA) is 183 Å².